The maximum atomic E-state index is 14.9. The summed E-state index contributed by atoms with van der Waals surface area (Å²) in [5, 5.41) is 6.14. The number of nitrogens with one attached hydrogen (secondary N) is 2. The van der Waals surface area contributed by atoms with Gasteiger partial charge in [0.2, 0.25) is 5.91 Å². The first-order valence-corrected chi connectivity index (χ1v) is 11.4. The van der Waals surface area contributed by atoms with Gasteiger partial charge in [-0.1, -0.05) is 29.8 Å². The average molecular weight is 506 g/mol. The van der Waals surface area contributed by atoms with Crippen LogP contribution in [0.4, 0.5) is 10.1 Å². The van der Waals surface area contributed by atoms with E-state index in [1.54, 1.807) is 30.5 Å². The normalized spacial score (nSPS) is 10.6. The molecule has 0 radical (unpaired) electrons. The molecular formula is C27H24FN3O4S. The molecule has 0 unspecified atom stereocenters. The van der Waals surface area contributed by atoms with E-state index in [4.69, 9.17) is 26.4 Å². The molecule has 9 heteroatoms. The van der Waals surface area contributed by atoms with Crippen LogP contribution in [0.1, 0.15) is 11.1 Å². The van der Waals surface area contributed by atoms with Crippen LogP contribution in [0.5, 0.6) is 23.0 Å². The Morgan fingerprint density at radius 3 is 2.47 bits per heavy atom. The van der Waals surface area contributed by atoms with Gasteiger partial charge >= 0.3 is 0 Å². The number of carbonyl (C=O) groups excluding carboxylic acids is 1. The number of hydrogen-bond donors (Lipinski definition) is 2. The molecule has 0 aliphatic rings. The second-order valence-electron chi connectivity index (χ2n) is 7.95. The molecule has 2 N–H and O–H groups in total. The molecule has 0 saturated heterocycles. The number of pyridine rings is 1. The summed E-state index contributed by atoms with van der Waals surface area (Å²) in [5.74, 6) is 0.560. The van der Waals surface area contributed by atoms with Crippen molar-refractivity contribution in [3.05, 3.63) is 83.8 Å². The number of methoxy groups -OCH3 is 2. The van der Waals surface area contributed by atoms with Crippen LogP contribution in [0.15, 0.2) is 66.9 Å². The Balaban J connectivity index is 1.44. The van der Waals surface area contributed by atoms with Crippen molar-refractivity contribution in [1.29, 1.82) is 0 Å². The first kappa shape index (κ1) is 24.9. The average Bonchev–Trinajstić information content (AvgIpc) is 2.84. The summed E-state index contributed by atoms with van der Waals surface area (Å²) in [4.78, 5) is 16.6. The van der Waals surface area contributed by atoms with Gasteiger partial charge in [-0.2, -0.15) is 0 Å². The van der Waals surface area contributed by atoms with Crippen molar-refractivity contribution in [3.63, 3.8) is 0 Å². The molecule has 0 fully saturated rings. The van der Waals surface area contributed by atoms with E-state index >= 15 is 0 Å². The molecule has 0 bridgehead atoms. The number of fused-ring (bicyclic) bond motifs is 1. The monoisotopic (exact) mass is 505 g/mol. The van der Waals surface area contributed by atoms with Crippen molar-refractivity contribution >= 4 is 39.8 Å². The molecule has 3 aromatic carbocycles. The quantitative estimate of drug-likeness (QED) is 0.319. The third-order valence-corrected chi connectivity index (χ3v) is 5.52. The summed E-state index contributed by atoms with van der Waals surface area (Å²) in [6.07, 6.45) is 1.75. The SMILES string of the molecule is COc1cc2nccc(Oc3ccc(NC(=S)NC(=O)Cc4cccc(C)c4)cc3F)c2cc1OC. The Hall–Kier alpha value is -4.24. The van der Waals surface area contributed by atoms with Crippen molar-refractivity contribution in [2.75, 3.05) is 19.5 Å². The number of aromatic nitrogens is 1. The van der Waals surface area contributed by atoms with Gasteiger partial charge in [0, 0.05) is 29.4 Å². The fourth-order valence-electron chi connectivity index (χ4n) is 3.66. The molecule has 0 spiro atoms. The lowest BCUT2D eigenvalue weighted by molar-refractivity contribution is -0.119. The minimum atomic E-state index is -0.612. The molecule has 4 rings (SSSR count). The number of hydrogen-bond acceptors (Lipinski definition) is 6. The molecule has 0 atom stereocenters. The van der Waals surface area contributed by atoms with Crippen molar-refractivity contribution < 1.29 is 23.4 Å². The van der Waals surface area contributed by atoms with E-state index in [-0.39, 0.29) is 23.2 Å². The number of rotatable bonds is 7. The Morgan fingerprint density at radius 2 is 1.75 bits per heavy atom. The lowest BCUT2D eigenvalue weighted by atomic mass is 10.1. The summed E-state index contributed by atoms with van der Waals surface area (Å²) in [6, 6.07) is 17.1. The fraction of sp³-hybridized carbons (Fsp3) is 0.148. The van der Waals surface area contributed by atoms with Crippen LogP contribution < -0.4 is 24.8 Å². The highest BCUT2D eigenvalue weighted by atomic mass is 32.1. The van der Waals surface area contributed by atoms with Gasteiger partial charge in [-0.15, -0.1) is 0 Å². The summed E-state index contributed by atoms with van der Waals surface area (Å²) >= 11 is 5.21. The predicted molar refractivity (Wildman–Crippen MR) is 141 cm³/mol. The zero-order valence-electron chi connectivity index (χ0n) is 19.9. The minimum absolute atomic E-state index is 0.0113. The van der Waals surface area contributed by atoms with Gasteiger partial charge in [0.15, 0.2) is 28.2 Å². The molecule has 1 heterocycles. The van der Waals surface area contributed by atoms with Crippen LogP contribution in [-0.4, -0.2) is 30.2 Å². The van der Waals surface area contributed by atoms with Gasteiger partial charge in [-0.3, -0.25) is 9.78 Å². The van der Waals surface area contributed by atoms with Crippen LogP contribution in [0.25, 0.3) is 10.9 Å². The molecule has 0 saturated carbocycles. The number of ether oxygens (including phenoxy) is 3. The standard InChI is InChI=1S/C27H24FN3O4S/c1-16-5-4-6-17(11-16)12-26(32)31-27(36)30-18-7-8-23(20(28)13-18)35-22-9-10-29-21-15-25(34-3)24(33-2)14-19(21)22/h4-11,13-15H,12H2,1-3H3,(H2,30,31,32,36). The molecule has 4 aromatic rings. The van der Waals surface area contributed by atoms with Crippen molar-refractivity contribution in [3.8, 4) is 23.0 Å². The van der Waals surface area contributed by atoms with Crippen LogP contribution in [-0.2, 0) is 11.2 Å². The smallest absolute Gasteiger partial charge is 0.230 e. The summed E-state index contributed by atoms with van der Waals surface area (Å²) < 4.78 is 31.4. The van der Waals surface area contributed by atoms with Crippen molar-refractivity contribution in [1.82, 2.24) is 10.3 Å². The highest BCUT2D eigenvalue weighted by molar-refractivity contribution is 7.80. The van der Waals surface area contributed by atoms with Gasteiger partial charge in [-0.25, -0.2) is 4.39 Å². The largest absolute Gasteiger partial charge is 0.493 e. The van der Waals surface area contributed by atoms with Crippen molar-refractivity contribution in [2.24, 2.45) is 0 Å². The summed E-state index contributed by atoms with van der Waals surface area (Å²) in [5.41, 5.74) is 2.92. The van der Waals surface area contributed by atoms with E-state index in [1.165, 1.54) is 26.4 Å². The molecular weight excluding hydrogens is 481 g/mol. The van der Waals surface area contributed by atoms with Gasteiger partial charge < -0.3 is 24.8 Å². The van der Waals surface area contributed by atoms with Gasteiger partial charge in [0.25, 0.3) is 0 Å². The van der Waals surface area contributed by atoms with E-state index in [9.17, 15) is 9.18 Å². The number of halogens is 1. The zero-order chi connectivity index (χ0) is 25.7. The van der Waals surface area contributed by atoms with Crippen molar-refractivity contribution in [2.45, 2.75) is 13.3 Å². The Bertz CT molecular complexity index is 1440. The minimum Gasteiger partial charge on any atom is -0.493 e. The maximum Gasteiger partial charge on any atom is 0.230 e. The first-order chi connectivity index (χ1) is 17.4. The van der Waals surface area contributed by atoms with Gasteiger partial charge in [-0.05, 0) is 49.0 Å². The van der Waals surface area contributed by atoms with Gasteiger partial charge in [0.1, 0.15) is 5.75 Å². The predicted octanol–water partition coefficient (Wildman–Crippen LogP) is 5.55. The molecule has 184 valence electrons. The molecule has 36 heavy (non-hydrogen) atoms. The highest BCUT2D eigenvalue weighted by Gasteiger charge is 2.14. The lowest BCUT2D eigenvalue weighted by Gasteiger charge is -2.14. The number of carbonyl (C=O) groups is 1. The third-order valence-electron chi connectivity index (χ3n) is 5.32. The molecule has 0 aliphatic carbocycles. The number of anilines is 1. The van der Waals surface area contributed by atoms with E-state index in [0.717, 1.165) is 11.1 Å². The molecule has 1 amide bonds. The number of benzene rings is 3. The molecule has 7 nitrogen and oxygen atoms in total. The number of amides is 1. The number of thiocarbonyl (C=S) groups is 1. The Labute approximate surface area is 213 Å². The number of nitrogens with zero attached hydrogens (tertiary/aromatic N) is 1. The van der Waals surface area contributed by atoms with E-state index in [2.05, 4.69) is 15.6 Å². The van der Waals surface area contributed by atoms with Gasteiger partial charge in [0.05, 0.1) is 26.2 Å². The van der Waals surface area contributed by atoms with Crippen LogP contribution in [0.2, 0.25) is 0 Å². The first-order valence-electron chi connectivity index (χ1n) is 11.0. The second-order valence-corrected chi connectivity index (χ2v) is 8.36. The molecule has 1 aromatic heterocycles. The van der Waals surface area contributed by atoms with Crippen LogP contribution in [0.3, 0.4) is 0 Å². The Morgan fingerprint density at radius 1 is 0.972 bits per heavy atom. The summed E-state index contributed by atoms with van der Waals surface area (Å²) in [6.45, 7) is 1.96. The van der Waals surface area contributed by atoms with Crippen LogP contribution in [0, 0.1) is 12.7 Å². The third kappa shape index (κ3) is 5.87. The zero-order valence-corrected chi connectivity index (χ0v) is 20.7. The second kappa shape index (κ2) is 11.0. The maximum absolute atomic E-state index is 14.9. The highest BCUT2D eigenvalue weighted by Crippen LogP contribution is 2.37. The Kier molecular flexibility index (Phi) is 7.60. The molecule has 0 aliphatic heterocycles. The van der Waals surface area contributed by atoms with Crippen LogP contribution >= 0.6 is 12.2 Å². The fourth-order valence-corrected chi connectivity index (χ4v) is 3.89. The van der Waals surface area contributed by atoms with E-state index < -0.39 is 5.82 Å². The van der Waals surface area contributed by atoms with E-state index in [1.807, 2.05) is 31.2 Å². The summed E-state index contributed by atoms with van der Waals surface area (Å²) in [7, 11) is 3.07. The topological polar surface area (TPSA) is 81.7 Å². The number of aryl methyl sites for hydroxylation is 1. The lowest BCUT2D eigenvalue weighted by Crippen LogP contribution is -2.35. The van der Waals surface area contributed by atoms with E-state index in [0.29, 0.717) is 33.8 Å².